The molecule has 0 aliphatic rings. The van der Waals surface area contributed by atoms with Crippen LogP contribution in [0.2, 0.25) is 0 Å². The van der Waals surface area contributed by atoms with Crippen molar-refractivity contribution < 1.29 is 9.13 Å². The van der Waals surface area contributed by atoms with Crippen molar-refractivity contribution in [2.24, 2.45) is 0 Å². The van der Waals surface area contributed by atoms with E-state index < -0.39 is 5.83 Å². The van der Waals surface area contributed by atoms with Gasteiger partial charge >= 0.3 is 0 Å². The van der Waals surface area contributed by atoms with E-state index in [1.807, 2.05) is 37.5 Å². The second-order valence-electron chi connectivity index (χ2n) is 3.87. The number of ether oxygens (including phenoxy) is 1. The summed E-state index contributed by atoms with van der Waals surface area (Å²) >= 11 is 0. The molecule has 0 N–H and O–H groups in total. The Kier molecular flexibility index (Phi) is 10.2. The summed E-state index contributed by atoms with van der Waals surface area (Å²) in [4.78, 5) is 4.05. The largest absolute Gasteiger partial charge is 0.427 e. The molecule has 0 unspecified atom stereocenters. The Bertz CT molecular complexity index is 524. The second-order valence-corrected chi connectivity index (χ2v) is 3.87. The van der Waals surface area contributed by atoms with Crippen LogP contribution >= 0.6 is 0 Å². The molecule has 1 rings (SSSR count). The fraction of sp³-hybridized carbons (Fsp3) is 0.375. The van der Waals surface area contributed by atoms with E-state index in [1.54, 1.807) is 18.8 Å². The maximum atomic E-state index is 12.9. The minimum absolute atomic E-state index is 0.306. The van der Waals surface area contributed by atoms with E-state index in [-0.39, 0.29) is 0 Å². The molecule has 0 bridgehead atoms. The minimum atomic E-state index is -0.484. The first-order valence-corrected chi connectivity index (χ1v) is 6.85. The molecule has 0 aliphatic carbocycles. The van der Waals surface area contributed by atoms with Crippen LogP contribution < -0.4 is 0 Å². The van der Waals surface area contributed by atoms with Gasteiger partial charge in [0.2, 0.25) is 0 Å². The van der Waals surface area contributed by atoms with Crippen molar-refractivity contribution in [2.45, 2.75) is 33.7 Å². The number of aromatic nitrogens is 2. The van der Waals surface area contributed by atoms with E-state index >= 15 is 0 Å². The minimum Gasteiger partial charge on any atom is -0.427 e. The van der Waals surface area contributed by atoms with Gasteiger partial charge < -0.3 is 9.30 Å². The molecule has 114 valence electrons. The average Bonchev–Trinajstić information content (AvgIpc) is 2.88. The summed E-state index contributed by atoms with van der Waals surface area (Å²) in [5.41, 5.74) is 1.71. The molecule has 1 heterocycles. The van der Waals surface area contributed by atoms with Gasteiger partial charge in [0.1, 0.15) is 12.4 Å². The predicted octanol–water partition coefficient (Wildman–Crippen LogP) is 3.94. The van der Waals surface area contributed by atoms with Gasteiger partial charge in [-0.15, -0.1) is 0 Å². The highest BCUT2D eigenvalue weighted by Gasteiger charge is 2.04. The molecule has 0 atom stereocenters. The van der Waals surface area contributed by atoms with Crippen molar-refractivity contribution in [3.8, 4) is 6.26 Å². The zero-order valence-corrected chi connectivity index (χ0v) is 12.8. The van der Waals surface area contributed by atoms with Crippen LogP contribution in [0.3, 0.4) is 0 Å². The normalized spacial score (nSPS) is 10.7. The smallest absolute Gasteiger partial charge is 0.286 e. The van der Waals surface area contributed by atoms with E-state index in [4.69, 9.17) is 5.26 Å². The Morgan fingerprint density at radius 2 is 2.29 bits per heavy atom. The Morgan fingerprint density at radius 3 is 2.86 bits per heavy atom. The summed E-state index contributed by atoms with van der Waals surface area (Å²) in [6.45, 7) is 9.90. The lowest BCUT2D eigenvalue weighted by Crippen LogP contribution is -2.06. The van der Waals surface area contributed by atoms with E-state index in [9.17, 15) is 4.39 Å². The van der Waals surface area contributed by atoms with Gasteiger partial charge in [0, 0.05) is 24.9 Å². The van der Waals surface area contributed by atoms with Crippen LogP contribution in [0.5, 0.6) is 0 Å². The summed E-state index contributed by atoms with van der Waals surface area (Å²) in [5.74, 6) is -0.484. The average molecular weight is 291 g/mol. The van der Waals surface area contributed by atoms with Gasteiger partial charge in [0.25, 0.3) is 6.26 Å². The van der Waals surface area contributed by atoms with E-state index in [0.29, 0.717) is 19.6 Å². The molecule has 1 aromatic heterocycles. The zero-order valence-electron chi connectivity index (χ0n) is 12.8. The summed E-state index contributed by atoms with van der Waals surface area (Å²) in [6, 6.07) is 0. The van der Waals surface area contributed by atoms with Gasteiger partial charge in [0.15, 0.2) is 0 Å². The SMILES string of the molecule is C=C(F)/C=C(\C=C/C)Cn1cncc1CCOC#N.CC. The maximum absolute atomic E-state index is 12.9. The van der Waals surface area contributed by atoms with Gasteiger partial charge in [-0.1, -0.05) is 32.6 Å². The van der Waals surface area contributed by atoms with Crippen molar-refractivity contribution in [1.29, 1.82) is 5.26 Å². The van der Waals surface area contributed by atoms with Crippen LogP contribution in [0.25, 0.3) is 0 Å². The van der Waals surface area contributed by atoms with Crippen LogP contribution in [-0.2, 0) is 17.7 Å². The number of nitrogens with zero attached hydrogens (tertiary/aromatic N) is 3. The fourth-order valence-corrected chi connectivity index (χ4v) is 1.66. The van der Waals surface area contributed by atoms with Crippen molar-refractivity contribution in [1.82, 2.24) is 9.55 Å². The molecule has 0 spiro atoms. The monoisotopic (exact) mass is 291 g/mol. The third kappa shape index (κ3) is 7.73. The number of hydrogen-bond donors (Lipinski definition) is 0. The molecular formula is C16H22FN3O. The Hall–Kier alpha value is -2.35. The Labute approximate surface area is 125 Å². The van der Waals surface area contributed by atoms with Crippen LogP contribution in [0, 0.1) is 11.5 Å². The first-order valence-electron chi connectivity index (χ1n) is 6.85. The van der Waals surface area contributed by atoms with Gasteiger partial charge in [0.05, 0.1) is 6.33 Å². The van der Waals surface area contributed by atoms with E-state index in [0.717, 1.165) is 11.3 Å². The van der Waals surface area contributed by atoms with Gasteiger partial charge in [-0.2, -0.15) is 5.26 Å². The highest BCUT2D eigenvalue weighted by atomic mass is 19.1. The molecule has 0 radical (unpaired) electrons. The summed E-state index contributed by atoms with van der Waals surface area (Å²) in [7, 11) is 0. The van der Waals surface area contributed by atoms with Crippen LogP contribution in [-0.4, -0.2) is 16.2 Å². The highest BCUT2D eigenvalue weighted by Crippen LogP contribution is 2.10. The van der Waals surface area contributed by atoms with E-state index in [1.165, 1.54) is 6.08 Å². The van der Waals surface area contributed by atoms with Crippen LogP contribution in [0.4, 0.5) is 4.39 Å². The molecule has 5 heteroatoms. The topological polar surface area (TPSA) is 50.8 Å². The van der Waals surface area contributed by atoms with Crippen LogP contribution in [0.15, 0.2) is 48.7 Å². The first kappa shape index (κ1) is 18.7. The third-order valence-corrected chi connectivity index (χ3v) is 2.40. The number of nitriles is 1. The summed E-state index contributed by atoms with van der Waals surface area (Å²) < 4.78 is 19.4. The number of hydrogen-bond acceptors (Lipinski definition) is 3. The van der Waals surface area contributed by atoms with Gasteiger partial charge in [-0.25, -0.2) is 9.37 Å². The lowest BCUT2D eigenvalue weighted by molar-refractivity contribution is 0.272. The predicted molar refractivity (Wildman–Crippen MR) is 82.0 cm³/mol. The molecule has 0 aromatic carbocycles. The fourth-order valence-electron chi connectivity index (χ4n) is 1.66. The van der Waals surface area contributed by atoms with Crippen LogP contribution in [0.1, 0.15) is 26.5 Å². The number of allylic oxidation sites excluding steroid dienone is 5. The summed E-state index contributed by atoms with van der Waals surface area (Å²) in [6.07, 6.45) is 10.6. The maximum Gasteiger partial charge on any atom is 0.286 e. The quantitative estimate of drug-likeness (QED) is 0.434. The van der Waals surface area contributed by atoms with Crippen molar-refractivity contribution in [2.75, 3.05) is 6.61 Å². The number of halogens is 1. The molecule has 0 saturated carbocycles. The number of rotatable bonds is 7. The molecule has 0 amide bonds. The molecule has 0 saturated heterocycles. The molecule has 1 aromatic rings. The number of imidazole rings is 1. The second kappa shape index (κ2) is 11.5. The van der Waals surface area contributed by atoms with Gasteiger partial charge in [-0.05, 0) is 18.6 Å². The standard InChI is InChI=1S/C14H16FN3O.C2H6/c1-3-4-13(7-12(2)15)9-18-11-17-8-14(18)5-6-19-10-16;1-2/h3-4,7-8,11H,2,5-6,9H2,1H3;1-2H3/b4-3-,13-7+;. The molecular weight excluding hydrogens is 269 g/mol. The van der Waals surface area contributed by atoms with Gasteiger partial charge in [-0.3, -0.25) is 0 Å². The van der Waals surface area contributed by atoms with Crippen molar-refractivity contribution in [3.05, 3.63) is 54.4 Å². The molecule has 0 fully saturated rings. The summed E-state index contributed by atoms with van der Waals surface area (Å²) in [5, 5.41) is 8.31. The van der Waals surface area contributed by atoms with Crippen molar-refractivity contribution >= 4 is 0 Å². The Balaban J connectivity index is 0.00000191. The molecule has 4 nitrogen and oxygen atoms in total. The third-order valence-electron chi connectivity index (χ3n) is 2.40. The lowest BCUT2D eigenvalue weighted by Gasteiger charge is -2.08. The Morgan fingerprint density at radius 1 is 1.57 bits per heavy atom. The molecule has 0 aliphatic heterocycles. The lowest BCUT2D eigenvalue weighted by atomic mass is 10.2. The molecule has 21 heavy (non-hydrogen) atoms. The van der Waals surface area contributed by atoms with Crippen molar-refractivity contribution in [3.63, 3.8) is 0 Å². The highest BCUT2D eigenvalue weighted by molar-refractivity contribution is 5.25. The first-order chi connectivity index (χ1) is 10.2. The zero-order chi connectivity index (χ0) is 16.1. The van der Waals surface area contributed by atoms with E-state index in [2.05, 4.69) is 16.3 Å².